The van der Waals surface area contributed by atoms with Crippen molar-refractivity contribution < 1.29 is 42.7 Å². The number of fused-ring (bicyclic) bond motifs is 1. The number of aliphatic hydroxyl groups is 3. The van der Waals surface area contributed by atoms with Crippen LogP contribution in [0.1, 0.15) is 36.0 Å². The van der Waals surface area contributed by atoms with Gasteiger partial charge in [-0.15, -0.1) is 4.52 Å². The molecular formula is C27H35F2N7O7P+. The average Bonchev–Trinajstić information content (AvgIpc) is 3.66. The Morgan fingerprint density at radius 2 is 1.68 bits per heavy atom. The van der Waals surface area contributed by atoms with Crippen molar-refractivity contribution >= 4 is 25.0 Å². The fourth-order valence-corrected chi connectivity index (χ4v) is 5.91. The summed E-state index contributed by atoms with van der Waals surface area (Å²) in [4.78, 5) is 21.5. The summed E-state index contributed by atoms with van der Waals surface area (Å²) in [5.74, 6) is 0.391. The molecule has 0 amide bonds. The van der Waals surface area contributed by atoms with Gasteiger partial charge in [-0.1, -0.05) is 12.2 Å². The van der Waals surface area contributed by atoms with E-state index < -0.39 is 70.5 Å². The Bertz CT molecular complexity index is 1480. The lowest BCUT2D eigenvalue weighted by molar-refractivity contribution is -0.0429. The summed E-state index contributed by atoms with van der Waals surface area (Å²) in [6.45, 7) is 2.14. The predicted molar refractivity (Wildman–Crippen MR) is 152 cm³/mol. The number of allylic oxidation sites excluding steroid dienone is 2. The maximum absolute atomic E-state index is 15.2. The van der Waals surface area contributed by atoms with E-state index in [1.54, 1.807) is 0 Å². The molecule has 17 heteroatoms. The van der Waals surface area contributed by atoms with Crippen molar-refractivity contribution in [3.05, 3.63) is 48.1 Å². The number of nitrogens with one attached hydrogen (secondary N) is 1. The quantitative estimate of drug-likeness (QED) is 0.157. The largest absolute Gasteiger partial charge is 0.505 e. The van der Waals surface area contributed by atoms with Gasteiger partial charge in [0.15, 0.2) is 43.2 Å². The van der Waals surface area contributed by atoms with Crippen LogP contribution >= 0.6 is 8.03 Å². The molecule has 0 aromatic carbocycles. The zero-order valence-corrected chi connectivity index (χ0v) is 25.0. The average molecular weight is 639 g/mol. The predicted octanol–water partition coefficient (Wildman–Crippen LogP) is 1.86. The first-order chi connectivity index (χ1) is 21.2. The number of aryl methyl sites for hydroxylation is 2. The van der Waals surface area contributed by atoms with Gasteiger partial charge < -0.3 is 30.1 Å². The lowest BCUT2D eigenvalue weighted by atomic mass is 10.1. The van der Waals surface area contributed by atoms with E-state index in [2.05, 4.69) is 30.2 Å². The van der Waals surface area contributed by atoms with Crippen molar-refractivity contribution in [1.82, 2.24) is 29.5 Å². The maximum Gasteiger partial charge on any atom is 0.505 e. The second-order valence-corrected chi connectivity index (χ2v) is 11.6. The Kier molecular flexibility index (Phi) is 10.5. The van der Waals surface area contributed by atoms with Gasteiger partial charge in [-0.2, -0.15) is 0 Å². The second kappa shape index (κ2) is 14.3. The van der Waals surface area contributed by atoms with Crippen LogP contribution in [0.2, 0.25) is 0 Å². The molecule has 0 radical (unpaired) electrons. The molecule has 0 saturated carbocycles. The minimum absolute atomic E-state index is 0.372. The van der Waals surface area contributed by atoms with E-state index in [0.717, 1.165) is 11.3 Å². The summed E-state index contributed by atoms with van der Waals surface area (Å²) in [7, 11) is -2.10. The Morgan fingerprint density at radius 3 is 2.36 bits per heavy atom. The van der Waals surface area contributed by atoms with Gasteiger partial charge >= 0.3 is 8.03 Å². The molecule has 2 fully saturated rings. The van der Waals surface area contributed by atoms with Crippen molar-refractivity contribution in [2.45, 2.75) is 81.8 Å². The molecule has 0 aliphatic carbocycles. The van der Waals surface area contributed by atoms with Gasteiger partial charge in [-0.25, -0.2) is 33.7 Å². The molecule has 2 aliphatic heterocycles. The number of aliphatic hydroxyl groups excluding tert-OH is 3. The highest BCUT2D eigenvalue weighted by Crippen LogP contribution is 2.39. The van der Waals surface area contributed by atoms with Gasteiger partial charge in [0, 0.05) is 11.3 Å². The number of nitrogens with zero attached hydrogens (tertiary/aromatic N) is 6. The van der Waals surface area contributed by atoms with Crippen LogP contribution in [0.25, 0.3) is 11.2 Å². The molecule has 5 heterocycles. The Hall–Kier alpha value is -3.11. The minimum atomic E-state index is -2.10. The van der Waals surface area contributed by atoms with Crippen molar-refractivity contribution in [2.24, 2.45) is 0 Å². The second-order valence-electron chi connectivity index (χ2n) is 10.5. The number of hydrogen-bond acceptors (Lipinski definition) is 13. The number of rotatable bonds is 13. The van der Waals surface area contributed by atoms with Crippen LogP contribution in [0, 0.1) is 6.92 Å². The molecule has 2 saturated heterocycles. The number of hydrogen-bond donors (Lipinski definition) is 4. The first kappa shape index (κ1) is 32.3. The number of anilines is 1. The molecule has 44 heavy (non-hydrogen) atoms. The Labute approximate surface area is 252 Å². The van der Waals surface area contributed by atoms with Crippen molar-refractivity contribution in [1.29, 1.82) is 0 Å². The summed E-state index contributed by atoms with van der Waals surface area (Å²) in [6.07, 6.45) is 0.354. The van der Waals surface area contributed by atoms with E-state index in [4.69, 9.17) is 14.0 Å². The first-order valence-corrected chi connectivity index (χ1v) is 15.8. The standard InChI is InChI=1S/C27H35F2N7O7P/c1-14-15(30-11-32-24(14)35-26-19(28)22(39)17(9-37)41-26)7-5-3-4-6-8-16-21-25(33-12-31-16)36(13-34-21)27-20(29)23(43-44(2)40)18(10-38)42-27/h3-4,11-13,17-20,22-23,26-27,37-39H,5-10H2,1-2H3,(H,30,32,35)/q+1/b4-3+/t17?,18?,19-,20-,22-,23-,26-,27-/m1/s1. The number of ether oxygens (including phenoxy) is 2. The van der Waals surface area contributed by atoms with Crippen molar-refractivity contribution in [3.8, 4) is 0 Å². The van der Waals surface area contributed by atoms with Crippen LogP contribution < -0.4 is 5.32 Å². The topological polar surface area (TPSA) is 187 Å². The third-order valence-electron chi connectivity index (χ3n) is 7.65. The number of aromatic nitrogens is 6. The van der Waals surface area contributed by atoms with Crippen LogP contribution in [0.3, 0.4) is 0 Å². The van der Waals surface area contributed by atoms with Gasteiger partial charge in [0.2, 0.25) is 0 Å². The summed E-state index contributed by atoms with van der Waals surface area (Å²) < 4.78 is 58.8. The molecule has 3 aromatic rings. The maximum atomic E-state index is 15.2. The number of alkyl halides is 2. The summed E-state index contributed by atoms with van der Waals surface area (Å²) >= 11 is 0. The molecule has 238 valence electrons. The van der Waals surface area contributed by atoms with Gasteiger partial charge in [0.1, 0.15) is 42.3 Å². The summed E-state index contributed by atoms with van der Waals surface area (Å²) in [5, 5.41) is 31.6. The van der Waals surface area contributed by atoms with E-state index in [-0.39, 0.29) is 0 Å². The Balaban J connectivity index is 1.16. The molecule has 5 rings (SSSR count). The highest BCUT2D eigenvalue weighted by molar-refractivity contribution is 7.38. The lowest BCUT2D eigenvalue weighted by Crippen LogP contribution is -2.33. The van der Waals surface area contributed by atoms with Crippen LogP contribution in [-0.2, 0) is 31.4 Å². The van der Waals surface area contributed by atoms with E-state index in [1.165, 1.54) is 30.2 Å². The van der Waals surface area contributed by atoms with E-state index >= 15 is 4.39 Å². The highest BCUT2D eigenvalue weighted by Gasteiger charge is 2.50. The zero-order chi connectivity index (χ0) is 31.4. The lowest BCUT2D eigenvalue weighted by Gasteiger charge is -2.18. The zero-order valence-electron chi connectivity index (χ0n) is 24.1. The van der Waals surface area contributed by atoms with Crippen LogP contribution in [0.15, 0.2) is 31.1 Å². The number of halogens is 2. The van der Waals surface area contributed by atoms with Crippen molar-refractivity contribution in [3.63, 3.8) is 0 Å². The molecule has 14 nitrogen and oxygen atoms in total. The molecule has 0 bridgehead atoms. The Morgan fingerprint density at radius 1 is 1.00 bits per heavy atom. The fraction of sp³-hybridized carbons (Fsp3) is 0.593. The SMILES string of the molecule is Cc1c(CC/C=C/CCc2ncnc3c2ncn3[C@@H]2OC(CO)[C@@H](O[P+](C)=O)[C@H]2F)ncnc1N[C@@H]1OC(CO)[C@@H](O)[C@H]1F. The summed E-state index contributed by atoms with van der Waals surface area (Å²) in [6, 6.07) is 0. The first-order valence-electron chi connectivity index (χ1n) is 14.2. The monoisotopic (exact) mass is 638 g/mol. The molecule has 4 N–H and O–H groups in total. The van der Waals surface area contributed by atoms with E-state index in [9.17, 15) is 24.3 Å². The molecule has 0 spiro atoms. The molecule has 9 atom stereocenters. The molecule has 3 aromatic heterocycles. The number of imidazole rings is 1. The molecule has 3 unspecified atom stereocenters. The minimum Gasteiger partial charge on any atom is -0.394 e. The third kappa shape index (κ3) is 6.76. The smallest absolute Gasteiger partial charge is 0.394 e. The molecule has 2 aliphatic rings. The van der Waals surface area contributed by atoms with Gasteiger partial charge in [0.05, 0.1) is 25.2 Å². The highest BCUT2D eigenvalue weighted by atomic mass is 31.1. The fourth-order valence-electron chi connectivity index (χ4n) is 5.32. The van der Waals surface area contributed by atoms with E-state index in [1.807, 2.05) is 19.1 Å². The van der Waals surface area contributed by atoms with Crippen molar-refractivity contribution in [2.75, 3.05) is 25.2 Å². The normalized spacial score (nSPS) is 29.2. The van der Waals surface area contributed by atoms with Crippen LogP contribution in [0.4, 0.5) is 14.6 Å². The molecular weight excluding hydrogens is 603 g/mol. The van der Waals surface area contributed by atoms with Crippen LogP contribution in [-0.4, -0.2) is 108 Å². The van der Waals surface area contributed by atoms with Crippen LogP contribution in [0.5, 0.6) is 0 Å². The van der Waals surface area contributed by atoms with Gasteiger partial charge in [0.25, 0.3) is 0 Å². The third-order valence-corrected chi connectivity index (χ3v) is 8.19. The van der Waals surface area contributed by atoms with Gasteiger partial charge in [-0.3, -0.25) is 4.57 Å². The summed E-state index contributed by atoms with van der Waals surface area (Å²) in [5.41, 5.74) is 3.04. The van der Waals surface area contributed by atoms with E-state index in [0.29, 0.717) is 48.4 Å². The van der Waals surface area contributed by atoms with Gasteiger partial charge in [-0.05, 0) is 37.2 Å².